The first-order chi connectivity index (χ1) is 12.3. The lowest BCUT2D eigenvalue weighted by Gasteiger charge is -2.04. The number of carbonyl (C=O) groups excluding carboxylic acids is 1. The molecule has 0 radical (unpaired) electrons. The zero-order valence-corrected chi connectivity index (χ0v) is 13.6. The van der Waals surface area contributed by atoms with E-state index in [2.05, 4.69) is 11.1 Å². The molecule has 1 aromatic heterocycles. The standard InChI is InChI=1S/C23H17NO/c25-23(19-14-8-3-9-15-19)22-20(17-10-4-1-5-11-17)16-21(24-22)18-12-6-2-7-13-18/h1-16,24H. The molecule has 0 aliphatic rings. The average molecular weight is 323 g/mol. The van der Waals surface area contributed by atoms with E-state index in [4.69, 9.17) is 0 Å². The van der Waals surface area contributed by atoms with Gasteiger partial charge in [0.25, 0.3) is 0 Å². The number of hydrogen-bond acceptors (Lipinski definition) is 1. The molecular weight excluding hydrogens is 306 g/mol. The van der Waals surface area contributed by atoms with Crippen LogP contribution in [0.3, 0.4) is 0 Å². The smallest absolute Gasteiger partial charge is 0.209 e. The van der Waals surface area contributed by atoms with E-state index in [1.54, 1.807) is 0 Å². The molecule has 2 heteroatoms. The van der Waals surface area contributed by atoms with Gasteiger partial charge in [0.15, 0.2) is 0 Å². The Labute approximate surface area is 146 Å². The third kappa shape index (κ3) is 3.02. The molecule has 0 atom stereocenters. The Hall–Kier alpha value is -3.39. The number of nitrogens with one attached hydrogen (secondary N) is 1. The third-order valence-corrected chi connectivity index (χ3v) is 4.25. The van der Waals surface area contributed by atoms with Crippen LogP contribution in [-0.2, 0) is 0 Å². The minimum atomic E-state index is 0.00151. The number of hydrogen-bond donors (Lipinski definition) is 1. The Morgan fingerprint density at radius 2 is 1.16 bits per heavy atom. The number of aromatic nitrogens is 1. The molecule has 4 aromatic rings. The Bertz CT molecular complexity index is 986. The second-order valence-corrected chi connectivity index (χ2v) is 5.90. The summed E-state index contributed by atoms with van der Waals surface area (Å²) in [5.41, 5.74) is 5.26. The second kappa shape index (κ2) is 6.62. The molecule has 3 aromatic carbocycles. The molecule has 0 bridgehead atoms. The van der Waals surface area contributed by atoms with Crippen LogP contribution in [0.5, 0.6) is 0 Å². The summed E-state index contributed by atoms with van der Waals surface area (Å²) in [7, 11) is 0. The van der Waals surface area contributed by atoms with Crippen LogP contribution in [0.25, 0.3) is 22.4 Å². The van der Waals surface area contributed by atoms with Crippen molar-refractivity contribution in [2.75, 3.05) is 0 Å². The van der Waals surface area contributed by atoms with Crippen LogP contribution < -0.4 is 0 Å². The Morgan fingerprint density at radius 1 is 0.640 bits per heavy atom. The molecule has 0 aliphatic carbocycles. The fraction of sp³-hybridized carbons (Fsp3) is 0. The predicted octanol–water partition coefficient (Wildman–Crippen LogP) is 5.58. The van der Waals surface area contributed by atoms with Crippen molar-refractivity contribution in [3.63, 3.8) is 0 Å². The fourth-order valence-electron chi connectivity index (χ4n) is 2.99. The van der Waals surface area contributed by atoms with E-state index in [9.17, 15) is 4.79 Å². The summed E-state index contributed by atoms with van der Waals surface area (Å²) in [5.74, 6) is 0.00151. The van der Waals surface area contributed by atoms with Crippen LogP contribution in [0.15, 0.2) is 97.1 Å². The van der Waals surface area contributed by atoms with Crippen LogP contribution in [0.2, 0.25) is 0 Å². The van der Waals surface area contributed by atoms with Gasteiger partial charge >= 0.3 is 0 Å². The lowest BCUT2D eigenvalue weighted by Crippen LogP contribution is -2.03. The van der Waals surface area contributed by atoms with Crippen molar-refractivity contribution in [1.29, 1.82) is 0 Å². The highest BCUT2D eigenvalue weighted by atomic mass is 16.1. The summed E-state index contributed by atoms with van der Waals surface area (Å²) in [6.45, 7) is 0. The monoisotopic (exact) mass is 323 g/mol. The van der Waals surface area contributed by atoms with Crippen LogP contribution >= 0.6 is 0 Å². The van der Waals surface area contributed by atoms with E-state index in [0.717, 1.165) is 22.4 Å². The van der Waals surface area contributed by atoms with Gasteiger partial charge in [-0.25, -0.2) is 0 Å². The first-order valence-corrected chi connectivity index (χ1v) is 8.26. The van der Waals surface area contributed by atoms with Gasteiger partial charge in [-0.2, -0.15) is 0 Å². The van der Waals surface area contributed by atoms with Gasteiger partial charge in [0, 0.05) is 16.8 Å². The first-order valence-electron chi connectivity index (χ1n) is 8.26. The average Bonchev–Trinajstić information content (AvgIpc) is 3.15. The van der Waals surface area contributed by atoms with Gasteiger partial charge in [-0.15, -0.1) is 0 Å². The first kappa shape index (κ1) is 15.2. The fourth-order valence-corrected chi connectivity index (χ4v) is 2.99. The van der Waals surface area contributed by atoms with Gasteiger partial charge in [0.05, 0.1) is 5.69 Å². The Morgan fingerprint density at radius 3 is 1.76 bits per heavy atom. The molecule has 1 N–H and O–H groups in total. The van der Waals surface area contributed by atoms with Gasteiger partial charge < -0.3 is 4.98 Å². The highest BCUT2D eigenvalue weighted by Gasteiger charge is 2.18. The molecule has 0 aliphatic heterocycles. The maximum absolute atomic E-state index is 13.1. The summed E-state index contributed by atoms with van der Waals surface area (Å²) >= 11 is 0. The second-order valence-electron chi connectivity index (χ2n) is 5.90. The van der Waals surface area contributed by atoms with Crippen LogP contribution in [-0.4, -0.2) is 10.8 Å². The summed E-state index contributed by atoms with van der Waals surface area (Å²) in [5, 5.41) is 0. The molecule has 4 rings (SSSR count). The van der Waals surface area contributed by atoms with E-state index < -0.39 is 0 Å². The molecule has 0 amide bonds. The zero-order chi connectivity index (χ0) is 17.1. The Balaban J connectivity index is 1.87. The Kier molecular flexibility index (Phi) is 4.01. The third-order valence-electron chi connectivity index (χ3n) is 4.25. The number of benzene rings is 3. The quantitative estimate of drug-likeness (QED) is 0.489. The van der Waals surface area contributed by atoms with Crippen LogP contribution in [0.1, 0.15) is 16.1 Å². The zero-order valence-electron chi connectivity index (χ0n) is 13.6. The van der Waals surface area contributed by atoms with Crippen molar-refractivity contribution in [2.45, 2.75) is 0 Å². The van der Waals surface area contributed by atoms with Crippen molar-refractivity contribution in [1.82, 2.24) is 4.98 Å². The minimum absolute atomic E-state index is 0.00151. The van der Waals surface area contributed by atoms with E-state index in [-0.39, 0.29) is 5.78 Å². The normalized spacial score (nSPS) is 10.6. The molecule has 1 heterocycles. The number of rotatable bonds is 4. The van der Waals surface area contributed by atoms with E-state index in [1.807, 2.05) is 91.0 Å². The molecule has 0 fully saturated rings. The van der Waals surface area contributed by atoms with Crippen molar-refractivity contribution < 1.29 is 4.79 Å². The van der Waals surface area contributed by atoms with Gasteiger partial charge in [-0.05, 0) is 17.2 Å². The summed E-state index contributed by atoms with van der Waals surface area (Å²) in [4.78, 5) is 16.4. The highest BCUT2D eigenvalue weighted by molar-refractivity contribution is 6.12. The predicted molar refractivity (Wildman–Crippen MR) is 102 cm³/mol. The largest absolute Gasteiger partial charge is 0.351 e. The maximum atomic E-state index is 13.1. The molecule has 0 spiro atoms. The molecule has 120 valence electrons. The molecular formula is C23H17NO. The summed E-state index contributed by atoms with van der Waals surface area (Å²) in [6.07, 6.45) is 0. The van der Waals surface area contributed by atoms with E-state index >= 15 is 0 Å². The summed E-state index contributed by atoms with van der Waals surface area (Å²) < 4.78 is 0. The number of carbonyl (C=O) groups is 1. The number of H-pyrrole nitrogens is 1. The van der Waals surface area contributed by atoms with Gasteiger partial charge in [-0.1, -0.05) is 91.0 Å². The molecule has 0 unspecified atom stereocenters. The molecule has 0 saturated heterocycles. The van der Waals surface area contributed by atoms with E-state index in [1.165, 1.54) is 0 Å². The number of aromatic amines is 1. The highest BCUT2D eigenvalue weighted by Crippen LogP contribution is 2.31. The van der Waals surface area contributed by atoms with Crippen molar-refractivity contribution in [2.24, 2.45) is 0 Å². The lowest BCUT2D eigenvalue weighted by molar-refractivity contribution is 0.103. The van der Waals surface area contributed by atoms with Crippen molar-refractivity contribution >= 4 is 5.78 Å². The number of ketones is 1. The van der Waals surface area contributed by atoms with Crippen molar-refractivity contribution in [3.8, 4) is 22.4 Å². The molecule has 2 nitrogen and oxygen atoms in total. The topological polar surface area (TPSA) is 32.9 Å². The van der Waals surface area contributed by atoms with Crippen LogP contribution in [0, 0.1) is 0 Å². The van der Waals surface area contributed by atoms with Gasteiger partial charge in [0.2, 0.25) is 5.78 Å². The van der Waals surface area contributed by atoms with Gasteiger partial charge in [-0.3, -0.25) is 4.79 Å². The minimum Gasteiger partial charge on any atom is -0.351 e. The molecule has 25 heavy (non-hydrogen) atoms. The maximum Gasteiger partial charge on any atom is 0.209 e. The molecule has 0 saturated carbocycles. The van der Waals surface area contributed by atoms with Crippen molar-refractivity contribution in [3.05, 3.63) is 108 Å². The van der Waals surface area contributed by atoms with E-state index in [0.29, 0.717) is 11.3 Å². The van der Waals surface area contributed by atoms with Gasteiger partial charge in [0.1, 0.15) is 0 Å². The lowest BCUT2D eigenvalue weighted by atomic mass is 10.00. The SMILES string of the molecule is O=C(c1ccccc1)c1[nH]c(-c2ccccc2)cc1-c1ccccc1. The summed E-state index contributed by atoms with van der Waals surface area (Å²) in [6, 6.07) is 31.5. The van der Waals surface area contributed by atoms with Crippen LogP contribution in [0.4, 0.5) is 0 Å².